The van der Waals surface area contributed by atoms with Gasteiger partial charge < -0.3 is 9.64 Å². The smallest absolute Gasteiger partial charge is 0.255 e. The Morgan fingerprint density at radius 1 is 1.16 bits per heavy atom. The number of nitrogens with zero attached hydrogens (tertiary/aromatic N) is 2. The summed E-state index contributed by atoms with van der Waals surface area (Å²) in [6.45, 7) is 5.94. The highest BCUT2D eigenvalue weighted by atomic mass is 79.9. The third-order valence-electron chi connectivity index (χ3n) is 4.58. The van der Waals surface area contributed by atoms with Gasteiger partial charge in [0.1, 0.15) is 0 Å². The Labute approximate surface area is 157 Å². The van der Waals surface area contributed by atoms with Crippen LogP contribution in [0.2, 0.25) is 0 Å². The number of carbonyl (C=O) groups excluding carboxylic acids is 1. The van der Waals surface area contributed by atoms with Crippen LogP contribution >= 0.6 is 15.9 Å². The van der Waals surface area contributed by atoms with E-state index >= 15 is 0 Å². The molecule has 0 aliphatic carbocycles. The summed E-state index contributed by atoms with van der Waals surface area (Å²) in [4.78, 5) is 14.8. The first-order valence-electron chi connectivity index (χ1n) is 8.53. The number of hydrogen-bond acceptors (Lipinski definition) is 4. The fourth-order valence-corrected chi connectivity index (χ4v) is 5.38. The molecular weight excluding hydrogens is 408 g/mol. The normalized spacial score (nSPS) is 25.3. The molecule has 0 radical (unpaired) electrons. The number of ether oxygens (including phenoxy) is 1. The Morgan fingerprint density at radius 2 is 1.76 bits per heavy atom. The van der Waals surface area contributed by atoms with Crippen LogP contribution < -0.4 is 0 Å². The Hall–Kier alpha value is -0.960. The van der Waals surface area contributed by atoms with Gasteiger partial charge in [-0.1, -0.05) is 0 Å². The molecule has 2 heterocycles. The molecule has 2 saturated heterocycles. The summed E-state index contributed by atoms with van der Waals surface area (Å²) < 4.78 is 33.3. The summed E-state index contributed by atoms with van der Waals surface area (Å²) in [5.74, 6) is -0.174. The van der Waals surface area contributed by atoms with Crippen molar-refractivity contribution in [3.8, 4) is 0 Å². The van der Waals surface area contributed by atoms with Gasteiger partial charge in [-0.3, -0.25) is 4.79 Å². The number of morpholine rings is 1. The Morgan fingerprint density at radius 3 is 2.36 bits per heavy atom. The van der Waals surface area contributed by atoms with Gasteiger partial charge in [-0.25, -0.2) is 8.42 Å². The standard InChI is InChI=1S/C17H23BrN2O4S/c1-12-10-19(11-13(2)24-12)17(21)15-9-14(5-6-16(15)18)25(22,23)20-7-3-4-8-20/h5-6,9,12-13H,3-4,7-8,10-11H2,1-2H3. The second-order valence-electron chi connectivity index (χ2n) is 6.72. The van der Waals surface area contributed by atoms with E-state index in [9.17, 15) is 13.2 Å². The van der Waals surface area contributed by atoms with Crippen molar-refractivity contribution in [2.45, 2.75) is 43.8 Å². The van der Waals surface area contributed by atoms with Crippen molar-refractivity contribution in [3.63, 3.8) is 0 Å². The monoisotopic (exact) mass is 430 g/mol. The molecule has 25 heavy (non-hydrogen) atoms. The van der Waals surface area contributed by atoms with E-state index in [2.05, 4.69) is 15.9 Å². The molecule has 138 valence electrons. The maximum atomic E-state index is 12.9. The molecule has 0 spiro atoms. The molecule has 1 aromatic carbocycles. The SMILES string of the molecule is CC1CN(C(=O)c2cc(S(=O)(=O)N3CCCC3)ccc2Br)CC(C)O1. The fourth-order valence-electron chi connectivity index (χ4n) is 3.42. The number of halogens is 1. The first kappa shape index (κ1) is 18.8. The van der Waals surface area contributed by atoms with E-state index in [1.807, 2.05) is 13.8 Å². The Bertz CT molecular complexity index is 752. The van der Waals surface area contributed by atoms with Crippen LogP contribution in [0.3, 0.4) is 0 Å². The summed E-state index contributed by atoms with van der Waals surface area (Å²) in [6.07, 6.45) is 1.68. The molecule has 6 nitrogen and oxygen atoms in total. The van der Waals surface area contributed by atoms with Gasteiger partial charge >= 0.3 is 0 Å². The van der Waals surface area contributed by atoms with Crippen molar-refractivity contribution in [2.24, 2.45) is 0 Å². The third kappa shape index (κ3) is 3.92. The van der Waals surface area contributed by atoms with Crippen molar-refractivity contribution in [2.75, 3.05) is 26.2 Å². The number of amides is 1. The summed E-state index contributed by atoms with van der Waals surface area (Å²) in [6, 6.07) is 4.69. The molecule has 1 aromatic rings. The highest BCUT2D eigenvalue weighted by molar-refractivity contribution is 9.10. The molecule has 2 aliphatic heterocycles. The first-order valence-corrected chi connectivity index (χ1v) is 10.8. The van der Waals surface area contributed by atoms with Crippen molar-refractivity contribution in [1.29, 1.82) is 0 Å². The average molecular weight is 431 g/mol. The van der Waals surface area contributed by atoms with Crippen LogP contribution in [-0.2, 0) is 14.8 Å². The zero-order valence-electron chi connectivity index (χ0n) is 14.4. The van der Waals surface area contributed by atoms with E-state index in [4.69, 9.17) is 4.74 Å². The summed E-state index contributed by atoms with van der Waals surface area (Å²) >= 11 is 3.39. The zero-order chi connectivity index (χ0) is 18.2. The van der Waals surface area contributed by atoms with Crippen LogP contribution in [0, 0.1) is 0 Å². The van der Waals surface area contributed by atoms with Gasteiger partial charge in [-0.05, 0) is 60.8 Å². The van der Waals surface area contributed by atoms with E-state index < -0.39 is 10.0 Å². The first-order chi connectivity index (χ1) is 11.8. The molecule has 2 aliphatic rings. The topological polar surface area (TPSA) is 66.9 Å². The average Bonchev–Trinajstić information content (AvgIpc) is 3.09. The van der Waals surface area contributed by atoms with Crippen LogP contribution in [0.15, 0.2) is 27.6 Å². The van der Waals surface area contributed by atoms with Crippen LogP contribution in [0.5, 0.6) is 0 Å². The molecule has 3 rings (SSSR count). The lowest BCUT2D eigenvalue weighted by Crippen LogP contribution is -2.48. The molecule has 0 N–H and O–H groups in total. The van der Waals surface area contributed by atoms with Gasteiger partial charge in [-0.15, -0.1) is 0 Å². The molecular formula is C17H23BrN2O4S. The molecule has 0 bridgehead atoms. The van der Waals surface area contributed by atoms with Gasteiger partial charge in [-0.2, -0.15) is 4.31 Å². The van der Waals surface area contributed by atoms with Gasteiger partial charge in [0.05, 0.1) is 22.7 Å². The summed E-state index contributed by atoms with van der Waals surface area (Å²) in [5.41, 5.74) is 0.376. The van der Waals surface area contributed by atoms with E-state index in [0.717, 1.165) is 12.8 Å². The lowest BCUT2D eigenvalue weighted by Gasteiger charge is -2.35. The Balaban J connectivity index is 1.90. The maximum absolute atomic E-state index is 12.9. The van der Waals surface area contributed by atoms with Crippen LogP contribution in [-0.4, -0.2) is 61.9 Å². The molecule has 2 atom stereocenters. The number of benzene rings is 1. The molecule has 0 saturated carbocycles. The van der Waals surface area contributed by atoms with Gasteiger partial charge in [0.15, 0.2) is 0 Å². The maximum Gasteiger partial charge on any atom is 0.255 e. The van der Waals surface area contributed by atoms with Crippen molar-refractivity contribution in [3.05, 3.63) is 28.2 Å². The lowest BCUT2D eigenvalue weighted by atomic mass is 10.1. The molecule has 1 amide bonds. The predicted molar refractivity (Wildman–Crippen MR) is 98.0 cm³/mol. The zero-order valence-corrected chi connectivity index (χ0v) is 16.8. The van der Waals surface area contributed by atoms with Crippen molar-refractivity contribution < 1.29 is 17.9 Å². The lowest BCUT2D eigenvalue weighted by molar-refractivity contribution is -0.0586. The minimum Gasteiger partial charge on any atom is -0.372 e. The van der Waals surface area contributed by atoms with Gasteiger partial charge in [0.2, 0.25) is 10.0 Å². The Kier molecular flexibility index (Phi) is 5.53. The van der Waals surface area contributed by atoms with E-state index in [-0.39, 0.29) is 23.0 Å². The molecule has 2 unspecified atom stereocenters. The molecule has 2 fully saturated rings. The van der Waals surface area contributed by atoms with Crippen molar-refractivity contribution in [1.82, 2.24) is 9.21 Å². The predicted octanol–water partition coefficient (Wildman–Crippen LogP) is 2.48. The van der Waals surface area contributed by atoms with Crippen LogP contribution in [0.25, 0.3) is 0 Å². The highest BCUT2D eigenvalue weighted by Crippen LogP contribution is 2.27. The summed E-state index contributed by atoms with van der Waals surface area (Å²) in [5, 5.41) is 0. The minimum absolute atomic E-state index is 0.0389. The van der Waals surface area contributed by atoms with Gasteiger partial charge in [0, 0.05) is 30.7 Å². The number of sulfonamides is 1. The molecule has 0 aromatic heterocycles. The van der Waals surface area contributed by atoms with E-state index in [0.29, 0.717) is 36.2 Å². The molecule has 8 heteroatoms. The van der Waals surface area contributed by atoms with Crippen LogP contribution in [0.1, 0.15) is 37.0 Å². The van der Waals surface area contributed by atoms with E-state index in [1.54, 1.807) is 17.0 Å². The fraction of sp³-hybridized carbons (Fsp3) is 0.588. The largest absolute Gasteiger partial charge is 0.372 e. The minimum atomic E-state index is -3.55. The number of hydrogen-bond donors (Lipinski definition) is 0. The highest BCUT2D eigenvalue weighted by Gasteiger charge is 2.31. The second-order valence-corrected chi connectivity index (χ2v) is 9.51. The number of carbonyl (C=O) groups is 1. The quantitative estimate of drug-likeness (QED) is 0.738. The van der Waals surface area contributed by atoms with Crippen molar-refractivity contribution >= 4 is 31.9 Å². The van der Waals surface area contributed by atoms with Crippen LogP contribution in [0.4, 0.5) is 0 Å². The van der Waals surface area contributed by atoms with E-state index in [1.165, 1.54) is 10.4 Å². The second kappa shape index (κ2) is 7.34. The van der Waals surface area contributed by atoms with Gasteiger partial charge in [0.25, 0.3) is 5.91 Å². The summed E-state index contributed by atoms with van der Waals surface area (Å²) in [7, 11) is -3.55. The third-order valence-corrected chi connectivity index (χ3v) is 7.16. The number of rotatable bonds is 3.